The summed E-state index contributed by atoms with van der Waals surface area (Å²) < 4.78 is 0. The second-order valence-corrected chi connectivity index (χ2v) is 6.52. The molecule has 1 fully saturated rings. The molecule has 1 aliphatic rings. The molecule has 0 aromatic carbocycles. The lowest BCUT2D eigenvalue weighted by Crippen LogP contribution is -2.37. The van der Waals surface area contributed by atoms with Crippen molar-refractivity contribution < 1.29 is 4.79 Å². The largest absolute Gasteiger partial charge is 0.351 e. The van der Waals surface area contributed by atoms with Gasteiger partial charge in [-0.25, -0.2) is 0 Å². The van der Waals surface area contributed by atoms with Crippen LogP contribution in [0.25, 0.3) is 10.6 Å². The third-order valence-electron chi connectivity index (χ3n) is 3.96. The lowest BCUT2D eigenvalue weighted by molar-refractivity contribution is 0.0946. The summed E-state index contributed by atoms with van der Waals surface area (Å²) in [7, 11) is 0. The zero-order chi connectivity index (χ0) is 15.2. The SMILES string of the molecule is O=C(NCCN1CCCCC1)c1ccc(-c2cccs2)nc1. The average molecular weight is 315 g/mol. The van der Waals surface area contributed by atoms with E-state index in [4.69, 9.17) is 0 Å². The number of carbonyl (C=O) groups excluding carboxylic acids is 1. The third kappa shape index (κ3) is 3.93. The van der Waals surface area contributed by atoms with E-state index < -0.39 is 0 Å². The lowest BCUT2D eigenvalue weighted by atomic mass is 10.1. The Kier molecular flexibility index (Phi) is 5.19. The second-order valence-electron chi connectivity index (χ2n) is 5.57. The molecule has 3 rings (SSSR count). The minimum absolute atomic E-state index is 0.0396. The molecular formula is C17H21N3OS. The summed E-state index contributed by atoms with van der Waals surface area (Å²) in [6, 6.07) is 7.79. The number of pyridine rings is 1. The van der Waals surface area contributed by atoms with Gasteiger partial charge in [0.1, 0.15) is 0 Å². The van der Waals surface area contributed by atoms with Crippen molar-refractivity contribution in [3.05, 3.63) is 41.4 Å². The highest BCUT2D eigenvalue weighted by atomic mass is 32.1. The summed E-state index contributed by atoms with van der Waals surface area (Å²) in [5.41, 5.74) is 1.54. The topological polar surface area (TPSA) is 45.2 Å². The highest BCUT2D eigenvalue weighted by molar-refractivity contribution is 7.13. The van der Waals surface area contributed by atoms with Crippen LogP contribution in [0.5, 0.6) is 0 Å². The van der Waals surface area contributed by atoms with E-state index in [2.05, 4.69) is 15.2 Å². The fourth-order valence-corrected chi connectivity index (χ4v) is 3.41. The summed E-state index contributed by atoms with van der Waals surface area (Å²) in [5, 5.41) is 5.01. The summed E-state index contributed by atoms with van der Waals surface area (Å²) >= 11 is 1.65. The number of hydrogen-bond acceptors (Lipinski definition) is 4. The van der Waals surface area contributed by atoms with Crippen molar-refractivity contribution in [2.24, 2.45) is 0 Å². The van der Waals surface area contributed by atoms with Gasteiger partial charge in [-0.05, 0) is 49.5 Å². The number of thiophene rings is 1. The van der Waals surface area contributed by atoms with Crippen LogP contribution in [0.1, 0.15) is 29.6 Å². The Morgan fingerprint density at radius 3 is 2.77 bits per heavy atom. The van der Waals surface area contributed by atoms with Gasteiger partial charge in [-0.3, -0.25) is 9.78 Å². The third-order valence-corrected chi connectivity index (χ3v) is 4.85. The van der Waals surface area contributed by atoms with Gasteiger partial charge in [-0.15, -0.1) is 11.3 Å². The molecule has 0 aliphatic carbocycles. The molecule has 5 heteroatoms. The van der Waals surface area contributed by atoms with Crippen LogP contribution in [0.15, 0.2) is 35.8 Å². The van der Waals surface area contributed by atoms with Gasteiger partial charge in [0, 0.05) is 19.3 Å². The number of nitrogens with one attached hydrogen (secondary N) is 1. The Morgan fingerprint density at radius 2 is 2.09 bits per heavy atom. The van der Waals surface area contributed by atoms with E-state index in [1.807, 2.05) is 29.6 Å². The molecule has 0 radical (unpaired) electrons. The Balaban J connectivity index is 1.49. The molecule has 1 saturated heterocycles. The highest BCUT2D eigenvalue weighted by Gasteiger charge is 2.11. The van der Waals surface area contributed by atoms with E-state index in [1.165, 1.54) is 19.3 Å². The highest BCUT2D eigenvalue weighted by Crippen LogP contribution is 2.22. The van der Waals surface area contributed by atoms with Gasteiger partial charge in [-0.1, -0.05) is 12.5 Å². The molecule has 0 atom stereocenters. The molecule has 1 aliphatic heterocycles. The van der Waals surface area contributed by atoms with Crippen LogP contribution in [0.3, 0.4) is 0 Å². The molecule has 116 valence electrons. The zero-order valence-electron chi connectivity index (χ0n) is 12.6. The van der Waals surface area contributed by atoms with Gasteiger partial charge in [0.25, 0.3) is 5.91 Å². The minimum atomic E-state index is -0.0396. The van der Waals surface area contributed by atoms with Crippen molar-refractivity contribution in [1.82, 2.24) is 15.2 Å². The normalized spacial score (nSPS) is 15.6. The predicted molar refractivity (Wildman–Crippen MR) is 90.2 cm³/mol. The van der Waals surface area contributed by atoms with E-state index in [0.717, 1.165) is 30.2 Å². The van der Waals surface area contributed by atoms with Gasteiger partial charge in [0.15, 0.2) is 0 Å². The number of likely N-dealkylation sites (tertiary alicyclic amines) is 1. The van der Waals surface area contributed by atoms with E-state index in [9.17, 15) is 4.79 Å². The van der Waals surface area contributed by atoms with Crippen molar-refractivity contribution in [1.29, 1.82) is 0 Å². The maximum Gasteiger partial charge on any atom is 0.252 e. The number of amides is 1. The van der Waals surface area contributed by atoms with Gasteiger partial charge in [0.05, 0.1) is 16.1 Å². The standard InChI is InChI=1S/C17H21N3OS/c21-17(18-8-11-20-9-2-1-3-10-20)14-6-7-15(19-13-14)16-5-4-12-22-16/h4-7,12-13H,1-3,8-11H2,(H,18,21). The maximum atomic E-state index is 12.1. The van der Waals surface area contributed by atoms with E-state index in [0.29, 0.717) is 12.1 Å². The number of piperidine rings is 1. The predicted octanol–water partition coefficient (Wildman–Crippen LogP) is 3.03. The molecule has 22 heavy (non-hydrogen) atoms. The quantitative estimate of drug-likeness (QED) is 0.922. The molecule has 2 aromatic rings. The first kappa shape index (κ1) is 15.2. The molecule has 0 unspecified atom stereocenters. The number of nitrogens with zero attached hydrogens (tertiary/aromatic N) is 2. The van der Waals surface area contributed by atoms with Crippen molar-refractivity contribution in [3.63, 3.8) is 0 Å². The number of aromatic nitrogens is 1. The summed E-state index contributed by atoms with van der Waals surface area (Å²) in [4.78, 5) is 20.0. The van der Waals surface area contributed by atoms with Crippen molar-refractivity contribution >= 4 is 17.2 Å². The lowest BCUT2D eigenvalue weighted by Gasteiger charge is -2.26. The Bertz CT molecular complexity index is 589. The van der Waals surface area contributed by atoms with Crippen LogP contribution in [-0.2, 0) is 0 Å². The van der Waals surface area contributed by atoms with Gasteiger partial charge in [0.2, 0.25) is 0 Å². The first-order valence-corrected chi connectivity index (χ1v) is 8.71. The molecule has 1 amide bonds. The van der Waals surface area contributed by atoms with Crippen molar-refractivity contribution in [2.75, 3.05) is 26.2 Å². The molecular weight excluding hydrogens is 294 g/mol. The molecule has 0 bridgehead atoms. The zero-order valence-corrected chi connectivity index (χ0v) is 13.4. The van der Waals surface area contributed by atoms with Gasteiger partial charge >= 0.3 is 0 Å². The second kappa shape index (κ2) is 7.51. The Morgan fingerprint density at radius 1 is 1.23 bits per heavy atom. The first-order chi connectivity index (χ1) is 10.8. The van der Waals surface area contributed by atoms with Crippen molar-refractivity contribution in [3.8, 4) is 10.6 Å². The molecule has 0 saturated carbocycles. The summed E-state index contributed by atoms with van der Waals surface area (Å²) in [5.74, 6) is -0.0396. The fraction of sp³-hybridized carbons (Fsp3) is 0.412. The maximum absolute atomic E-state index is 12.1. The van der Waals surface area contributed by atoms with Crippen LogP contribution in [0.2, 0.25) is 0 Å². The van der Waals surface area contributed by atoms with Crippen LogP contribution < -0.4 is 5.32 Å². The number of hydrogen-bond donors (Lipinski definition) is 1. The summed E-state index contributed by atoms with van der Waals surface area (Å²) in [6.45, 7) is 3.96. The van der Waals surface area contributed by atoms with E-state index in [-0.39, 0.29) is 5.91 Å². The van der Waals surface area contributed by atoms with Gasteiger partial charge in [-0.2, -0.15) is 0 Å². The van der Waals surface area contributed by atoms with Crippen LogP contribution >= 0.6 is 11.3 Å². The summed E-state index contributed by atoms with van der Waals surface area (Å²) in [6.07, 6.45) is 5.56. The molecule has 4 nitrogen and oxygen atoms in total. The monoisotopic (exact) mass is 315 g/mol. The van der Waals surface area contributed by atoms with Crippen molar-refractivity contribution in [2.45, 2.75) is 19.3 Å². The van der Waals surface area contributed by atoms with Crippen LogP contribution in [0, 0.1) is 0 Å². The molecule has 2 aromatic heterocycles. The number of rotatable bonds is 5. The number of carbonyl (C=O) groups is 1. The fourth-order valence-electron chi connectivity index (χ4n) is 2.71. The van der Waals surface area contributed by atoms with Crippen LogP contribution in [-0.4, -0.2) is 42.0 Å². The Hall–Kier alpha value is -1.72. The minimum Gasteiger partial charge on any atom is -0.351 e. The van der Waals surface area contributed by atoms with Gasteiger partial charge < -0.3 is 10.2 Å². The molecule has 3 heterocycles. The van der Waals surface area contributed by atoms with Crippen LogP contribution in [0.4, 0.5) is 0 Å². The Labute approximate surface area is 135 Å². The van der Waals surface area contributed by atoms with E-state index in [1.54, 1.807) is 17.5 Å². The van der Waals surface area contributed by atoms with E-state index >= 15 is 0 Å². The average Bonchev–Trinajstić information content (AvgIpc) is 3.10. The smallest absolute Gasteiger partial charge is 0.252 e. The first-order valence-electron chi connectivity index (χ1n) is 7.83. The molecule has 0 spiro atoms. The molecule has 1 N–H and O–H groups in total.